The lowest BCUT2D eigenvalue weighted by Gasteiger charge is -2.20. The zero-order valence-corrected chi connectivity index (χ0v) is 23.7. The van der Waals surface area contributed by atoms with E-state index in [9.17, 15) is 4.79 Å². The van der Waals surface area contributed by atoms with Crippen LogP contribution < -0.4 is 15.4 Å². The van der Waals surface area contributed by atoms with E-state index in [1.165, 1.54) is 0 Å². The van der Waals surface area contributed by atoms with Crippen LogP contribution in [0.15, 0.2) is 54.9 Å². The van der Waals surface area contributed by atoms with E-state index >= 15 is 0 Å². The first-order valence-corrected chi connectivity index (χ1v) is 13.8. The summed E-state index contributed by atoms with van der Waals surface area (Å²) in [6.45, 7) is 12.5. The van der Waals surface area contributed by atoms with Crippen LogP contribution in [0.25, 0.3) is 11.2 Å². The van der Waals surface area contributed by atoms with Gasteiger partial charge in [0.15, 0.2) is 17.0 Å². The van der Waals surface area contributed by atoms with Gasteiger partial charge in [-0.25, -0.2) is 4.98 Å². The Morgan fingerprint density at radius 2 is 1.75 bits per heavy atom. The molecule has 9 heteroatoms. The van der Waals surface area contributed by atoms with Gasteiger partial charge >= 0.3 is 11.9 Å². The van der Waals surface area contributed by atoms with Crippen molar-refractivity contribution < 1.29 is 9.53 Å². The Morgan fingerprint density at radius 3 is 2.48 bits per heavy atom. The Hall–Kier alpha value is -4.42. The lowest BCUT2D eigenvalue weighted by Crippen LogP contribution is -2.30. The fraction of sp³-hybridized carbons (Fsp3) is 0.355. The molecule has 4 aromatic rings. The number of fused-ring (bicyclic) bond motifs is 1. The number of rotatable bonds is 12. The van der Waals surface area contributed by atoms with Crippen LogP contribution in [0.4, 0.5) is 17.2 Å². The second-order valence-corrected chi connectivity index (χ2v) is 9.52. The van der Waals surface area contributed by atoms with Crippen LogP contribution in [0.1, 0.15) is 44.7 Å². The molecule has 208 valence electrons. The number of nitrogens with one attached hydrogen (secondary N) is 2. The molecular formula is C31H37N7O2. The van der Waals surface area contributed by atoms with Gasteiger partial charge in [0, 0.05) is 35.9 Å². The number of ether oxygens (including phenoxy) is 1. The molecule has 0 saturated carbocycles. The number of amides is 1. The predicted molar refractivity (Wildman–Crippen MR) is 160 cm³/mol. The highest BCUT2D eigenvalue weighted by Crippen LogP contribution is 2.26. The maximum absolute atomic E-state index is 12.4. The number of benzene rings is 2. The van der Waals surface area contributed by atoms with Gasteiger partial charge in [0.2, 0.25) is 0 Å². The molecule has 2 N–H and O–H groups in total. The van der Waals surface area contributed by atoms with Crippen molar-refractivity contribution >= 4 is 34.3 Å². The van der Waals surface area contributed by atoms with Crippen LogP contribution in [0, 0.1) is 18.8 Å². The van der Waals surface area contributed by atoms with Gasteiger partial charge in [-0.3, -0.25) is 9.69 Å². The summed E-state index contributed by atoms with van der Waals surface area (Å²) in [5, 5.41) is 6.17. The maximum Gasteiger partial charge on any atom is 0.320 e. The fourth-order valence-corrected chi connectivity index (χ4v) is 4.28. The van der Waals surface area contributed by atoms with E-state index in [4.69, 9.17) is 4.74 Å². The number of carbonyl (C=O) groups excluding carboxylic acids is 1. The minimum absolute atomic E-state index is 0.300. The van der Waals surface area contributed by atoms with E-state index in [-0.39, 0.29) is 5.91 Å². The van der Waals surface area contributed by atoms with Crippen LogP contribution in [-0.2, 0) is 11.3 Å². The van der Waals surface area contributed by atoms with Gasteiger partial charge < -0.3 is 19.9 Å². The highest BCUT2D eigenvalue weighted by Gasteiger charge is 2.15. The second kappa shape index (κ2) is 14.1. The summed E-state index contributed by atoms with van der Waals surface area (Å²) < 4.78 is 7.97. The summed E-state index contributed by atoms with van der Waals surface area (Å²) in [5.74, 6) is 5.69. The Labute approximate surface area is 236 Å². The third-order valence-corrected chi connectivity index (χ3v) is 6.26. The summed E-state index contributed by atoms with van der Waals surface area (Å²) in [4.78, 5) is 28.7. The van der Waals surface area contributed by atoms with Crippen LogP contribution in [0.5, 0.6) is 6.01 Å². The molecule has 0 aliphatic rings. The molecule has 2 aromatic heterocycles. The molecule has 0 fully saturated rings. The monoisotopic (exact) mass is 539 g/mol. The Morgan fingerprint density at radius 1 is 1.00 bits per heavy atom. The predicted octanol–water partition coefficient (Wildman–Crippen LogP) is 5.39. The first-order valence-electron chi connectivity index (χ1n) is 13.8. The number of nitrogens with zero attached hydrogens (tertiary/aromatic N) is 5. The van der Waals surface area contributed by atoms with Gasteiger partial charge in [0.1, 0.15) is 6.61 Å². The molecule has 0 aliphatic carbocycles. The highest BCUT2D eigenvalue weighted by atomic mass is 16.5. The maximum atomic E-state index is 12.4. The minimum Gasteiger partial charge on any atom is -0.462 e. The molecule has 0 saturated heterocycles. The van der Waals surface area contributed by atoms with Crippen LogP contribution in [0.2, 0.25) is 0 Å². The molecule has 0 bridgehead atoms. The van der Waals surface area contributed by atoms with E-state index in [1.54, 1.807) is 6.33 Å². The van der Waals surface area contributed by atoms with Crippen molar-refractivity contribution in [3.05, 3.63) is 66.0 Å². The number of hydrogen-bond acceptors (Lipinski definition) is 7. The lowest BCUT2D eigenvalue weighted by molar-refractivity contribution is -0.111. The number of carbonyl (C=O) groups is 1. The molecule has 0 atom stereocenters. The number of aromatic nitrogens is 4. The molecule has 0 radical (unpaired) electrons. The lowest BCUT2D eigenvalue weighted by atomic mass is 10.1. The SMILES string of the molecule is CCCN(CCC)CCOc1nc(Nc2cccc(NC(=O)C#Cc3ccc(C)cc3)c2)c2ncn(CC)c2n1. The molecule has 9 nitrogen and oxygen atoms in total. The summed E-state index contributed by atoms with van der Waals surface area (Å²) in [6.07, 6.45) is 3.96. The largest absolute Gasteiger partial charge is 0.462 e. The van der Waals surface area contributed by atoms with Crippen LogP contribution in [0.3, 0.4) is 0 Å². The molecule has 2 aromatic carbocycles. The minimum atomic E-state index is -0.389. The normalized spacial score (nSPS) is 10.8. The number of hydrogen-bond donors (Lipinski definition) is 2. The van der Waals surface area contributed by atoms with Gasteiger partial charge in [-0.1, -0.05) is 43.5 Å². The summed E-state index contributed by atoms with van der Waals surface area (Å²) in [6, 6.07) is 15.4. The summed E-state index contributed by atoms with van der Waals surface area (Å²) >= 11 is 0. The Bertz CT molecular complexity index is 1480. The van der Waals surface area contributed by atoms with Crippen molar-refractivity contribution in [2.45, 2.75) is 47.1 Å². The van der Waals surface area contributed by atoms with E-state index in [0.29, 0.717) is 35.3 Å². The number of anilines is 3. The van der Waals surface area contributed by atoms with E-state index in [0.717, 1.165) is 55.8 Å². The third-order valence-electron chi connectivity index (χ3n) is 6.26. The van der Waals surface area contributed by atoms with Crippen LogP contribution >= 0.6 is 0 Å². The van der Waals surface area contributed by atoms with Gasteiger partial charge in [-0.2, -0.15) is 9.97 Å². The van der Waals surface area contributed by atoms with Crippen molar-refractivity contribution in [1.82, 2.24) is 24.4 Å². The van der Waals surface area contributed by atoms with Crippen molar-refractivity contribution in [3.63, 3.8) is 0 Å². The zero-order valence-electron chi connectivity index (χ0n) is 23.7. The molecule has 0 aliphatic heterocycles. The van der Waals surface area contributed by atoms with Gasteiger partial charge in [0.25, 0.3) is 0 Å². The standard InChI is InChI=1S/C31H37N7O2/c1-5-17-37(18-6-2)19-20-40-31-35-29(28-30(36-31)38(7-3)22-32-28)34-26-10-8-9-25(21-26)33-27(39)16-15-24-13-11-23(4)12-14-24/h8-14,21-22H,5-7,17-20H2,1-4H3,(H,33,39)(H,34,35,36). The molecule has 2 heterocycles. The fourth-order valence-electron chi connectivity index (χ4n) is 4.28. The molecule has 40 heavy (non-hydrogen) atoms. The zero-order chi connectivity index (χ0) is 28.3. The van der Waals surface area contributed by atoms with Crippen LogP contribution in [-0.4, -0.2) is 56.6 Å². The quantitative estimate of drug-likeness (QED) is 0.233. The van der Waals surface area contributed by atoms with Crippen molar-refractivity contribution in [2.75, 3.05) is 36.9 Å². The van der Waals surface area contributed by atoms with E-state index < -0.39 is 0 Å². The first kappa shape index (κ1) is 28.6. The second-order valence-electron chi connectivity index (χ2n) is 9.52. The molecule has 4 rings (SSSR count). The van der Waals surface area contributed by atoms with Crippen molar-refractivity contribution in [3.8, 4) is 17.9 Å². The van der Waals surface area contributed by atoms with Gasteiger partial charge in [0.05, 0.1) is 6.33 Å². The first-order chi connectivity index (χ1) is 19.5. The number of aryl methyl sites for hydroxylation is 2. The van der Waals surface area contributed by atoms with Gasteiger partial charge in [-0.05, 0) is 70.1 Å². The Balaban J connectivity index is 1.49. The van der Waals surface area contributed by atoms with Crippen molar-refractivity contribution in [1.29, 1.82) is 0 Å². The summed E-state index contributed by atoms with van der Waals surface area (Å²) in [7, 11) is 0. The number of imidazole rings is 1. The average molecular weight is 540 g/mol. The molecule has 0 unspecified atom stereocenters. The summed E-state index contributed by atoms with van der Waals surface area (Å²) in [5.41, 5.74) is 4.62. The highest BCUT2D eigenvalue weighted by molar-refractivity contribution is 6.04. The average Bonchev–Trinajstić information content (AvgIpc) is 3.37. The Kier molecular flexibility index (Phi) is 10.1. The van der Waals surface area contributed by atoms with E-state index in [1.807, 2.05) is 66.9 Å². The van der Waals surface area contributed by atoms with E-state index in [2.05, 4.69) is 56.2 Å². The topological polar surface area (TPSA) is 97.2 Å². The van der Waals surface area contributed by atoms with Gasteiger partial charge in [-0.15, -0.1) is 0 Å². The molecule has 0 spiro atoms. The smallest absolute Gasteiger partial charge is 0.320 e. The molecular weight excluding hydrogens is 502 g/mol. The van der Waals surface area contributed by atoms with Crippen molar-refractivity contribution in [2.24, 2.45) is 0 Å². The third kappa shape index (κ3) is 7.80. The molecule has 1 amide bonds.